The van der Waals surface area contributed by atoms with Crippen LogP contribution in [0.3, 0.4) is 0 Å². The van der Waals surface area contributed by atoms with Gasteiger partial charge in [-0.05, 0) is 43.7 Å². The zero-order valence-corrected chi connectivity index (χ0v) is 19.8. The van der Waals surface area contributed by atoms with Crippen LogP contribution in [0.1, 0.15) is 31.0 Å². The fourth-order valence-corrected chi connectivity index (χ4v) is 4.81. The maximum Gasteiger partial charge on any atom is 0.338 e. The molecule has 1 aromatic heterocycles. The Morgan fingerprint density at radius 2 is 1.94 bits per heavy atom. The number of methoxy groups -OCH3 is 1. The summed E-state index contributed by atoms with van der Waals surface area (Å²) in [6.07, 6.45) is 5.34. The van der Waals surface area contributed by atoms with Crippen molar-refractivity contribution in [3.05, 3.63) is 103 Å². The third kappa shape index (κ3) is 4.49. The minimum Gasteiger partial charge on any atom is -0.496 e. The lowest BCUT2D eigenvalue weighted by atomic mass is 9.96. The van der Waals surface area contributed by atoms with Gasteiger partial charge in [-0.25, -0.2) is 14.2 Å². The van der Waals surface area contributed by atoms with Crippen molar-refractivity contribution in [2.24, 2.45) is 4.99 Å². The predicted molar refractivity (Wildman–Crippen MR) is 130 cm³/mol. The van der Waals surface area contributed by atoms with Crippen molar-refractivity contribution in [3.8, 4) is 5.75 Å². The highest BCUT2D eigenvalue weighted by Gasteiger charge is 2.33. The van der Waals surface area contributed by atoms with Crippen LogP contribution < -0.4 is 19.6 Å². The fraction of sp³-hybridized carbons (Fsp3) is 0.192. The Kier molecular flexibility index (Phi) is 6.88. The molecule has 1 aliphatic rings. The standard InChI is InChI=1S/C26H23FN2O4S/c1-4-33-25(31)22-16(2)28-26-29(23(22)18-12-14-19(27)15-13-18)24(30)21(34-26)11-7-9-17-8-5-6-10-20(17)32-3/h5-15,23H,4H2,1-3H3. The van der Waals surface area contributed by atoms with Crippen LogP contribution in [0.15, 0.2) is 75.7 Å². The number of rotatable bonds is 6. The molecule has 2 heterocycles. The molecule has 0 amide bonds. The number of para-hydroxylation sites is 1. The first-order valence-corrected chi connectivity index (χ1v) is 11.5. The van der Waals surface area contributed by atoms with Gasteiger partial charge in [-0.2, -0.15) is 0 Å². The van der Waals surface area contributed by atoms with Crippen molar-refractivity contribution in [2.75, 3.05) is 13.7 Å². The van der Waals surface area contributed by atoms with Gasteiger partial charge in [0.1, 0.15) is 11.6 Å². The van der Waals surface area contributed by atoms with E-state index in [4.69, 9.17) is 9.47 Å². The van der Waals surface area contributed by atoms with Crippen LogP contribution in [0.5, 0.6) is 5.75 Å². The number of aromatic nitrogens is 1. The first-order chi connectivity index (χ1) is 16.4. The summed E-state index contributed by atoms with van der Waals surface area (Å²) in [7, 11) is 1.60. The van der Waals surface area contributed by atoms with E-state index in [9.17, 15) is 14.0 Å². The highest BCUT2D eigenvalue weighted by molar-refractivity contribution is 7.07. The Morgan fingerprint density at radius 3 is 2.65 bits per heavy atom. The molecule has 0 saturated carbocycles. The molecule has 34 heavy (non-hydrogen) atoms. The summed E-state index contributed by atoms with van der Waals surface area (Å²) in [5.41, 5.74) is 1.90. The Bertz CT molecular complexity index is 1470. The lowest BCUT2D eigenvalue weighted by Gasteiger charge is -2.24. The minimum absolute atomic E-state index is 0.184. The predicted octanol–water partition coefficient (Wildman–Crippen LogP) is 3.61. The molecule has 0 saturated heterocycles. The SMILES string of the molecule is CCOC(=O)C1=C(C)N=c2sc(=CC=Cc3ccccc3OC)c(=O)n2C1c1ccc(F)cc1. The molecule has 2 aromatic carbocycles. The number of ether oxygens (including phenoxy) is 2. The maximum absolute atomic E-state index is 13.6. The molecule has 0 bridgehead atoms. The topological polar surface area (TPSA) is 69.9 Å². The summed E-state index contributed by atoms with van der Waals surface area (Å²) >= 11 is 1.22. The second-order valence-corrected chi connectivity index (χ2v) is 8.49. The molecule has 0 N–H and O–H groups in total. The third-order valence-electron chi connectivity index (χ3n) is 5.37. The first kappa shape index (κ1) is 23.4. The quantitative estimate of drug-likeness (QED) is 0.508. The Labute approximate surface area is 199 Å². The number of hydrogen-bond acceptors (Lipinski definition) is 6. The van der Waals surface area contributed by atoms with Crippen molar-refractivity contribution < 1.29 is 18.7 Å². The van der Waals surface area contributed by atoms with Gasteiger partial charge in [0.05, 0.1) is 35.6 Å². The number of thiazole rings is 1. The van der Waals surface area contributed by atoms with Crippen LogP contribution in [0.4, 0.5) is 4.39 Å². The first-order valence-electron chi connectivity index (χ1n) is 10.7. The van der Waals surface area contributed by atoms with E-state index in [0.717, 1.165) is 11.3 Å². The Balaban J connectivity index is 1.84. The van der Waals surface area contributed by atoms with Gasteiger partial charge < -0.3 is 9.47 Å². The van der Waals surface area contributed by atoms with Crippen molar-refractivity contribution in [1.29, 1.82) is 0 Å². The number of halogens is 1. The largest absolute Gasteiger partial charge is 0.496 e. The molecule has 0 aliphatic carbocycles. The summed E-state index contributed by atoms with van der Waals surface area (Å²) in [6, 6.07) is 12.5. The summed E-state index contributed by atoms with van der Waals surface area (Å²) in [5.74, 6) is -0.237. The fourth-order valence-electron chi connectivity index (χ4n) is 3.81. The second kappa shape index (κ2) is 10.0. The van der Waals surface area contributed by atoms with Gasteiger partial charge in [-0.15, -0.1) is 0 Å². The lowest BCUT2D eigenvalue weighted by Crippen LogP contribution is -2.39. The van der Waals surface area contributed by atoms with E-state index < -0.39 is 17.8 Å². The monoisotopic (exact) mass is 478 g/mol. The van der Waals surface area contributed by atoms with Gasteiger partial charge in [-0.1, -0.05) is 53.8 Å². The normalized spacial score (nSPS) is 15.9. The molecular formula is C26H23FN2O4S. The second-order valence-electron chi connectivity index (χ2n) is 7.48. The van der Waals surface area contributed by atoms with E-state index in [0.29, 0.717) is 20.6 Å². The Morgan fingerprint density at radius 1 is 1.21 bits per heavy atom. The number of hydrogen-bond donors (Lipinski definition) is 0. The maximum atomic E-state index is 13.6. The van der Waals surface area contributed by atoms with E-state index in [1.807, 2.05) is 30.3 Å². The molecule has 6 nitrogen and oxygen atoms in total. The van der Waals surface area contributed by atoms with E-state index in [2.05, 4.69) is 4.99 Å². The third-order valence-corrected chi connectivity index (χ3v) is 6.37. The van der Waals surface area contributed by atoms with E-state index in [-0.39, 0.29) is 17.7 Å². The summed E-state index contributed by atoms with van der Waals surface area (Å²) in [6.45, 7) is 3.61. The molecule has 0 fully saturated rings. The van der Waals surface area contributed by atoms with Gasteiger partial charge in [-0.3, -0.25) is 9.36 Å². The minimum atomic E-state index is -0.767. The van der Waals surface area contributed by atoms with Gasteiger partial charge in [0.2, 0.25) is 0 Å². The van der Waals surface area contributed by atoms with Crippen LogP contribution in [0, 0.1) is 5.82 Å². The van der Waals surface area contributed by atoms with Crippen LogP contribution in [0.2, 0.25) is 0 Å². The zero-order valence-electron chi connectivity index (χ0n) is 18.9. The molecule has 3 aromatic rings. The number of benzene rings is 2. The number of nitrogens with zero attached hydrogens (tertiary/aromatic N) is 2. The smallest absolute Gasteiger partial charge is 0.338 e. The van der Waals surface area contributed by atoms with E-state index in [1.165, 1.54) is 28.0 Å². The molecule has 1 atom stereocenters. The molecule has 8 heteroatoms. The molecule has 0 radical (unpaired) electrons. The number of allylic oxidation sites excluding steroid dienone is 2. The molecule has 4 rings (SSSR count). The average Bonchev–Trinajstić information content (AvgIpc) is 3.14. The Hall–Kier alpha value is -3.78. The van der Waals surface area contributed by atoms with Crippen LogP contribution >= 0.6 is 11.3 Å². The van der Waals surface area contributed by atoms with Crippen molar-refractivity contribution in [3.63, 3.8) is 0 Å². The summed E-state index contributed by atoms with van der Waals surface area (Å²) < 4.78 is 26.1. The molecule has 174 valence electrons. The van der Waals surface area contributed by atoms with Crippen LogP contribution in [-0.2, 0) is 9.53 Å². The van der Waals surface area contributed by atoms with Crippen molar-refractivity contribution in [2.45, 2.75) is 19.9 Å². The molecule has 0 spiro atoms. The van der Waals surface area contributed by atoms with Gasteiger partial charge in [0.25, 0.3) is 5.56 Å². The van der Waals surface area contributed by atoms with Crippen molar-refractivity contribution in [1.82, 2.24) is 4.57 Å². The highest BCUT2D eigenvalue weighted by atomic mass is 32.1. The van der Waals surface area contributed by atoms with Gasteiger partial charge >= 0.3 is 5.97 Å². The zero-order chi connectivity index (χ0) is 24.2. The van der Waals surface area contributed by atoms with Crippen LogP contribution in [-0.4, -0.2) is 24.3 Å². The molecule has 1 aliphatic heterocycles. The highest BCUT2D eigenvalue weighted by Crippen LogP contribution is 2.30. The van der Waals surface area contributed by atoms with E-state index >= 15 is 0 Å². The lowest BCUT2D eigenvalue weighted by molar-refractivity contribution is -0.139. The van der Waals surface area contributed by atoms with E-state index in [1.54, 1.807) is 45.2 Å². The summed E-state index contributed by atoms with van der Waals surface area (Å²) in [4.78, 5) is 31.2. The number of fused-ring (bicyclic) bond motifs is 1. The summed E-state index contributed by atoms with van der Waals surface area (Å²) in [5, 5.41) is 0. The average molecular weight is 479 g/mol. The molecule has 1 unspecified atom stereocenters. The number of carbonyl (C=O) groups excluding carboxylic acids is 1. The number of carbonyl (C=O) groups is 1. The van der Waals surface area contributed by atoms with Gasteiger partial charge in [0, 0.05) is 5.56 Å². The van der Waals surface area contributed by atoms with Crippen LogP contribution in [0.25, 0.3) is 12.2 Å². The van der Waals surface area contributed by atoms with Crippen molar-refractivity contribution >= 4 is 29.5 Å². The molecular weight excluding hydrogens is 455 g/mol. The number of esters is 1. The van der Waals surface area contributed by atoms with Gasteiger partial charge in [0.15, 0.2) is 4.80 Å².